The van der Waals surface area contributed by atoms with E-state index in [1.807, 2.05) is 0 Å². The van der Waals surface area contributed by atoms with Gasteiger partial charge in [0.1, 0.15) is 13.2 Å². The third-order valence-corrected chi connectivity index (χ3v) is 14.0. The quantitative estimate of drug-likeness (QED) is 0.0261. The highest BCUT2D eigenvalue weighted by molar-refractivity contribution is 5.71. The van der Waals surface area contributed by atoms with Gasteiger partial charge in [0.2, 0.25) is 0 Å². The molecule has 6 nitrogen and oxygen atoms in total. The Hall–Kier alpha value is -4.97. The van der Waals surface area contributed by atoms with Gasteiger partial charge in [-0.05, 0) is 128 Å². The van der Waals surface area contributed by atoms with Gasteiger partial charge in [0.25, 0.3) is 0 Å². The summed E-state index contributed by atoms with van der Waals surface area (Å²) in [6.45, 7) is 6.39. The number of carbonyl (C=O) groups excluding carboxylic acids is 3. The summed E-state index contributed by atoms with van der Waals surface area (Å²) in [7, 11) is 0. The molecule has 83 heavy (non-hydrogen) atoms. The van der Waals surface area contributed by atoms with Crippen LogP contribution in [0, 0.1) is 0 Å². The lowest BCUT2D eigenvalue weighted by molar-refractivity contribution is -0.167. The van der Waals surface area contributed by atoms with E-state index in [2.05, 4.69) is 179 Å². The average molecular weight is 1150 g/mol. The topological polar surface area (TPSA) is 78.9 Å². The maximum atomic E-state index is 12.9. The van der Waals surface area contributed by atoms with E-state index in [-0.39, 0.29) is 31.1 Å². The molecular weight excluding hydrogens is 1020 g/mol. The second-order valence-electron chi connectivity index (χ2n) is 22.0. The Balaban J connectivity index is 4.36. The van der Waals surface area contributed by atoms with Crippen LogP contribution in [0.2, 0.25) is 0 Å². The summed E-state index contributed by atoms with van der Waals surface area (Å²) < 4.78 is 16.9. The number of carbonyl (C=O) groups is 3. The zero-order chi connectivity index (χ0) is 59.9. The molecule has 0 aliphatic heterocycles. The molecule has 0 aromatic heterocycles. The van der Waals surface area contributed by atoms with Gasteiger partial charge in [-0.1, -0.05) is 301 Å². The fraction of sp³-hybridized carbons (Fsp3) is 0.623. The Morgan fingerprint density at radius 1 is 0.253 bits per heavy atom. The van der Waals surface area contributed by atoms with Crippen molar-refractivity contribution in [2.75, 3.05) is 13.2 Å². The molecule has 0 aliphatic carbocycles. The summed E-state index contributed by atoms with van der Waals surface area (Å²) in [4.78, 5) is 38.4. The Morgan fingerprint density at radius 2 is 0.470 bits per heavy atom. The zero-order valence-electron chi connectivity index (χ0n) is 53.7. The van der Waals surface area contributed by atoms with Crippen molar-refractivity contribution in [3.05, 3.63) is 158 Å². The number of rotatable bonds is 60. The lowest BCUT2D eigenvalue weighted by Gasteiger charge is -2.18. The lowest BCUT2D eigenvalue weighted by atomic mass is 10.1. The van der Waals surface area contributed by atoms with Crippen LogP contribution in [-0.4, -0.2) is 37.2 Å². The van der Waals surface area contributed by atoms with Crippen molar-refractivity contribution < 1.29 is 28.6 Å². The predicted molar refractivity (Wildman–Crippen MR) is 362 cm³/mol. The molecule has 0 heterocycles. The number of hydrogen-bond acceptors (Lipinski definition) is 6. The summed E-state index contributed by atoms with van der Waals surface area (Å²) in [5.41, 5.74) is 0. The molecule has 0 radical (unpaired) electrons. The van der Waals surface area contributed by atoms with Gasteiger partial charge in [-0.25, -0.2) is 0 Å². The molecule has 0 bridgehead atoms. The Kier molecular flexibility index (Phi) is 65.4. The van der Waals surface area contributed by atoms with Crippen LogP contribution in [0.5, 0.6) is 0 Å². The van der Waals surface area contributed by atoms with Crippen molar-refractivity contribution in [3.63, 3.8) is 0 Å². The van der Waals surface area contributed by atoms with Crippen LogP contribution < -0.4 is 0 Å². The van der Waals surface area contributed by atoms with E-state index in [1.165, 1.54) is 89.9 Å². The molecule has 6 heteroatoms. The molecule has 0 aromatic carbocycles. The van der Waals surface area contributed by atoms with Gasteiger partial charge in [0.15, 0.2) is 6.10 Å². The number of allylic oxidation sites excluding steroid dienone is 26. The van der Waals surface area contributed by atoms with Crippen LogP contribution >= 0.6 is 0 Å². The molecule has 0 saturated carbocycles. The molecule has 0 aromatic rings. The maximum Gasteiger partial charge on any atom is 0.306 e. The van der Waals surface area contributed by atoms with Crippen LogP contribution in [0.15, 0.2) is 158 Å². The molecule has 0 aliphatic rings. The molecular formula is C77H124O6. The second kappa shape index (κ2) is 69.5. The largest absolute Gasteiger partial charge is 0.462 e. The lowest BCUT2D eigenvalue weighted by Crippen LogP contribution is -2.30. The molecule has 0 saturated heterocycles. The predicted octanol–water partition coefficient (Wildman–Crippen LogP) is 23.7. The van der Waals surface area contributed by atoms with Crippen molar-refractivity contribution in [3.8, 4) is 0 Å². The first-order valence-corrected chi connectivity index (χ1v) is 34.0. The van der Waals surface area contributed by atoms with E-state index in [0.717, 1.165) is 161 Å². The van der Waals surface area contributed by atoms with Crippen molar-refractivity contribution in [1.82, 2.24) is 0 Å². The minimum Gasteiger partial charge on any atom is -0.462 e. The first kappa shape index (κ1) is 78.0. The van der Waals surface area contributed by atoms with E-state index in [9.17, 15) is 14.4 Å². The van der Waals surface area contributed by atoms with Crippen LogP contribution in [0.4, 0.5) is 0 Å². The van der Waals surface area contributed by atoms with Gasteiger partial charge >= 0.3 is 17.9 Å². The van der Waals surface area contributed by atoms with E-state index >= 15 is 0 Å². The number of esters is 3. The molecule has 0 rings (SSSR count). The first-order valence-electron chi connectivity index (χ1n) is 34.0. The Bertz CT molecular complexity index is 1840. The first-order chi connectivity index (χ1) is 41.0. The standard InChI is InChI=1S/C77H124O6/c1-4-7-10-13-16-19-22-24-26-28-30-32-34-36-37-38-39-41-42-44-46-48-50-52-55-58-61-64-67-70-76(79)82-73-74(72-81-75(78)69-66-63-60-57-54-21-18-15-12-9-6-3)83-77(80)71-68-65-62-59-56-53-51-49-47-45-43-40-35-33-31-29-27-25-23-20-17-14-11-8-5-2/h7-8,10-11,16-17,19-20,24-27,30-33,36-37,39-41,43-44,46-47,49,74H,4-6,9,12-15,18,21-23,28-29,34-35,38,42,45,48,50-73H2,1-3H3/b10-7-,11-8-,19-16-,20-17-,26-24-,27-25-,32-30-,33-31-,37-36-,41-39-,43-40-,46-44-,49-47-. The normalized spacial score (nSPS) is 13.1. The van der Waals surface area contributed by atoms with E-state index in [0.29, 0.717) is 19.3 Å². The van der Waals surface area contributed by atoms with Gasteiger partial charge in [-0.3, -0.25) is 14.4 Å². The van der Waals surface area contributed by atoms with Crippen molar-refractivity contribution in [2.24, 2.45) is 0 Å². The molecule has 0 N–H and O–H groups in total. The van der Waals surface area contributed by atoms with E-state index < -0.39 is 6.10 Å². The van der Waals surface area contributed by atoms with Gasteiger partial charge in [-0.2, -0.15) is 0 Å². The van der Waals surface area contributed by atoms with E-state index in [4.69, 9.17) is 14.2 Å². The zero-order valence-corrected chi connectivity index (χ0v) is 53.7. The smallest absolute Gasteiger partial charge is 0.306 e. The molecule has 1 atom stereocenters. The van der Waals surface area contributed by atoms with Gasteiger partial charge in [0, 0.05) is 19.3 Å². The van der Waals surface area contributed by atoms with Crippen molar-refractivity contribution >= 4 is 17.9 Å². The monoisotopic (exact) mass is 1140 g/mol. The summed E-state index contributed by atoms with van der Waals surface area (Å²) in [5.74, 6) is -0.917. The molecule has 0 amide bonds. The molecule has 468 valence electrons. The van der Waals surface area contributed by atoms with Crippen molar-refractivity contribution in [1.29, 1.82) is 0 Å². The Labute approximate surface area is 511 Å². The third kappa shape index (κ3) is 67.7. The van der Waals surface area contributed by atoms with Crippen LogP contribution in [0.25, 0.3) is 0 Å². The summed E-state index contributed by atoms with van der Waals surface area (Å²) >= 11 is 0. The molecule has 0 fully saturated rings. The fourth-order valence-corrected chi connectivity index (χ4v) is 9.01. The summed E-state index contributed by atoms with van der Waals surface area (Å²) in [6.07, 6.45) is 101. The highest BCUT2D eigenvalue weighted by Crippen LogP contribution is 2.15. The molecule has 0 spiro atoms. The summed E-state index contributed by atoms with van der Waals surface area (Å²) in [5, 5.41) is 0. The van der Waals surface area contributed by atoms with Crippen LogP contribution in [0.3, 0.4) is 0 Å². The molecule has 1 unspecified atom stereocenters. The SMILES string of the molecule is CC/C=C\C/C=C\C/C=C\C/C=C\C/C=C\C/C=C\C/C=C\CCCCCCCCCC(=O)OCC(COC(=O)CCCCCCCCCCCCC)OC(=O)CCCCCCCC/C=C\C/C=C\C/C=C\C/C=C\C/C=C\C/C=C\CC. The van der Waals surface area contributed by atoms with E-state index in [1.54, 1.807) is 0 Å². The number of unbranched alkanes of at least 4 members (excludes halogenated alkanes) is 23. The summed E-state index contributed by atoms with van der Waals surface area (Å²) in [6, 6.07) is 0. The highest BCUT2D eigenvalue weighted by Gasteiger charge is 2.19. The average Bonchev–Trinajstić information content (AvgIpc) is 3.48. The maximum absolute atomic E-state index is 12.9. The van der Waals surface area contributed by atoms with Gasteiger partial charge in [0.05, 0.1) is 0 Å². The van der Waals surface area contributed by atoms with Gasteiger partial charge < -0.3 is 14.2 Å². The second-order valence-corrected chi connectivity index (χ2v) is 22.0. The van der Waals surface area contributed by atoms with Gasteiger partial charge in [-0.15, -0.1) is 0 Å². The Morgan fingerprint density at radius 3 is 0.735 bits per heavy atom. The minimum atomic E-state index is -0.798. The van der Waals surface area contributed by atoms with Crippen LogP contribution in [0.1, 0.15) is 290 Å². The van der Waals surface area contributed by atoms with Crippen LogP contribution in [-0.2, 0) is 28.6 Å². The number of hydrogen-bond donors (Lipinski definition) is 0. The third-order valence-electron chi connectivity index (χ3n) is 14.0. The van der Waals surface area contributed by atoms with Crippen molar-refractivity contribution in [2.45, 2.75) is 297 Å². The fourth-order valence-electron chi connectivity index (χ4n) is 9.01. The number of ether oxygens (including phenoxy) is 3. The highest BCUT2D eigenvalue weighted by atomic mass is 16.6. The minimum absolute atomic E-state index is 0.0914.